The summed E-state index contributed by atoms with van der Waals surface area (Å²) in [5.74, 6) is 1.89. The first kappa shape index (κ1) is 20.8. The van der Waals surface area contributed by atoms with Crippen LogP contribution >= 0.6 is 0 Å². The number of amides is 1. The van der Waals surface area contributed by atoms with Crippen molar-refractivity contribution in [3.8, 4) is 23.2 Å². The summed E-state index contributed by atoms with van der Waals surface area (Å²) in [5.41, 5.74) is 2.64. The van der Waals surface area contributed by atoms with E-state index in [0.717, 1.165) is 11.1 Å². The number of fused-ring (bicyclic) bond motifs is 1. The van der Waals surface area contributed by atoms with Crippen LogP contribution in [0, 0.1) is 12.3 Å². The van der Waals surface area contributed by atoms with Gasteiger partial charge in [-0.3, -0.25) is 0 Å². The van der Waals surface area contributed by atoms with E-state index in [0.29, 0.717) is 48.5 Å². The van der Waals surface area contributed by atoms with Crippen LogP contribution in [0.2, 0.25) is 0 Å². The number of benzene rings is 1. The van der Waals surface area contributed by atoms with Crippen LogP contribution in [0.1, 0.15) is 43.6 Å². The van der Waals surface area contributed by atoms with Crippen LogP contribution < -0.4 is 4.74 Å². The summed E-state index contributed by atoms with van der Waals surface area (Å²) in [6, 6.07) is 5.90. The van der Waals surface area contributed by atoms with Crippen LogP contribution in [-0.4, -0.2) is 49.3 Å². The van der Waals surface area contributed by atoms with Gasteiger partial charge in [-0.1, -0.05) is 32.0 Å². The number of hydrogen-bond acceptors (Lipinski definition) is 7. The molecule has 0 saturated carbocycles. The zero-order valence-electron chi connectivity index (χ0n) is 18.0. The first-order chi connectivity index (χ1) is 14.7. The van der Waals surface area contributed by atoms with Gasteiger partial charge in [0.15, 0.2) is 5.82 Å². The second-order valence-corrected chi connectivity index (χ2v) is 8.75. The van der Waals surface area contributed by atoms with Crippen molar-refractivity contribution in [2.45, 2.75) is 40.0 Å². The molecule has 0 bridgehead atoms. The van der Waals surface area contributed by atoms with Gasteiger partial charge in [-0.15, -0.1) is 0 Å². The Morgan fingerprint density at radius 2 is 2.06 bits per heavy atom. The Bertz CT molecular complexity index is 1090. The lowest BCUT2D eigenvalue weighted by atomic mass is 9.75. The molecular formula is C22H25N5O4. The fourth-order valence-corrected chi connectivity index (χ4v) is 3.78. The minimum atomic E-state index is -0.884. The number of rotatable bonds is 3. The zero-order chi connectivity index (χ0) is 22.2. The first-order valence-electron chi connectivity index (χ1n) is 10.1. The number of aryl methyl sites for hydroxylation is 1. The maximum atomic E-state index is 11.6. The molecule has 1 N–H and O–H groups in total. The zero-order valence-corrected chi connectivity index (χ0v) is 18.0. The lowest BCUT2D eigenvalue weighted by Crippen LogP contribution is -2.36. The van der Waals surface area contributed by atoms with Gasteiger partial charge >= 0.3 is 6.09 Å². The van der Waals surface area contributed by atoms with Gasteiger partial charge in [0.2, 0.25) is 5.88 Å². The van der Waals surface area contributed by atoms with Gasteiger partial charge in [-0.2, -0.15) is 4.98 Å². The minimum absolute atomic E-state index is 0.0798. The van der Waals surface area contributed by atoms with Gasteiger partial charge in [0.25, 0.3) is 5.89 Å². The second kappa shape index (κ2) is 7.98. The van der Waals surface area contributed by atoms with Crippen molar-refractivity contribution < 1.29 is 19.2 Å². The smallest absolute Gasteiger partial charge is 0.407 e. The molecule has 9 heteroatoms. The highest BCUT2D eigenvalue weighted by molar-refractivity contribution is 5.65. The summed E-state index contributed by atoms with van der Waals surface area (Å²) in [4.78, 5) is 25.8. The number of aromatic nitrogens is 4. The van der Waals surface area contributed by atoms with Crippen LogP contribution in [0.15, 0.2) is 35.1 Å². The average molecular weight is 423 g/mol. The molecule has 1 amide bonds. The predicted molar refractivity (Wildman–Crippen MR) is 112 cm³/mol. The average Bonchev–Trinajstić information content (AvgIpc) is 3.04. The van der Waals surface area contributed by atoms with Gasteiger partial charge in [0.05, 0.1) is 12.4 Å². The number of nitrogens with zero attached hydrogens (tertiary/aromatic N) is 5. The van der Waals surface area contributed by atoms with Gasteiger partial charge in [-0.25, -0.2) is 14.8 Å². The van der Waals surface area contributed by atoms with Gasteiger partial charge in [-0.05, 0) is 42.0 Å². The molecule has 1 unspecified atom stereocenters. The Kier molecular flexibility index (Phi) is 5.34. The Morgan fingerprint density at radius 3 is 2.68 bits per heavy atom. The maximum Gasteiger partial charge on any atom is 0.407 e. The number of carboxylic acid groups (broad SMARTS) is 1. The molecule has 162 valence electrons. The number of hydrogen-bond donors (Lipinski definition) is 1. The Hall–Kier alpha value is -3.49. The van der Waals surface area contributed by atoms with Crippen LogP contribution in [0.5, 0.6) is 11.6 Å². The van der Waals surface area contributed by atoms with Crippen molar-refractivity contribution >= 4 is 6.09 Å². The molecule has 1 aliphatic heterocycles. The highest BCUT2D eigenvalue weighted by Crippen LogP contribution is 2.40. The summed E-state index contributed by atoms with van der Waals surface area (Å²) >= 11 is 0. The van der Waals surface area contributed by atoms with Crippen LogP contribution in [0.25, 0.3) is 11.6 Å². The molecule has 2 aromatic heterocycles. The third-order valence-electron chi connectivity index (χ3n) is 5.46. The van der Waals surface area contributed by atoms with Crippen molar-refractivity contribution in [2.75, 3.05) is 13.1 Å². The van der Waals surface area contributed by atoms with Gasteiger partial charge in [0, 0.05) is 19.0 Å². The molecule has 4 rings (SSSR count). The number of ether oxygens (including phenoxy) is 1. The molecule has 1 aliphatic rings. The van der Waals surface area contributed by atoms with E-state index in [1.54, 1.807) is 6.92 Å². The van der Waals surface area contributed by atoms with Crippen molar-refractivity contribution in [2.24, 2.45) is 5.41 Å². The van der Waals surface area contributed by atoms with E-state index < -0.39 is 6.09 Å². The van der Waals surface area contributed by atoms with Crippen molar-refractivity contribution in [3.63, 3.8) is 0 Å². The second-order valence-electron chi connectivity index (χ2n) is 8.75. The highest BCUT2D eigenvalue weighted by atomic mass is 16.5. The highest BCUT2D eigenvalue weighted by Gasteiger charge is 2.33. The predicted octanol–water partition coefficient (Wildman–Crippen LogP) is 4.29. The summed E-state index contributed by atoms with van der Waals surface area (Å²) in [7, 11) is 0. The minimum Gasteiger partial charge on any atom is -0.465 e. The standard InChI is InChI=1S/C22H25N5O4/c1-13-25-20(31-26-13)18-10-24-19(11-23-18)30-15-5-6-16-14(9-15)7-8-27(21(28)29)12-17(16)22(2,3)4/h5-6,9-11,17H,7-8,12H2,1-4H3,(H,28,29). The third-order valence-corrected chi connectivity index (χ3v) is 5.46. The normalized spacial score (nSPS) is 16.5. The molecule has 0 fully saturated rings. The quantitative estimate of drug-likeness (QED) is 0.663. The van der Waals surface area contributed by atoms with Crippen molar-refractivity contribution in [1.82, 2.24) is 25.0 Å². The summed E-state index contributed by atoms with van der Waals surface area (Å²) in [6.07, 6.45) is 2.77. The van der Waals surface area contributed by atoms with E-state index in [1.165, 1.54) is 17.3 Å². The molecule has 0 saturated heterocycles. The molecule has 9 nitrogen and oxygen atoms in total. The lowest BCUT2D eigenvalue weighted by Gasteiger charge is -2.33. The monoisotopic (exact) mass is 423 g/mol. The molecule has 1 atom stereocenters. The van der Waals surface area contributed by atoms with E-state index in [-0.39, 0.29) is 11.3 Å². The van der Waals surface area contributed by atoms with Crippen LogP contribution in [-0.2, 0) is 6.42 Å². The SMILES string of the molecule is Cc1noc(-c2cnc(Oc3ccc4c(c3)CCN(C(=O)O)CC4C(C)(C)C)cn2)n1. The van der Waals surface area contributed by atoms with Crippen LogP contribution in [0.3, 0.4) is 0 Å². The first-order valence-corrected chi connectivity index (χ1v) is 10.1. The largest absolute Gasteiger partial charge is 0.465 e. The fraction of sp³-hybridized carbons (Fsp3) is 0.409. The Labute approximate surface area is 180 Å². The summed E-state index contributed by atoms with van der Waals surface area (Å²) in [6.45, 7) is 9.08. The van der Waals surface area contributed by atoms with E-state index in [1.807, 2.05) is 18.2 Å². The topological polar surface area (TPSA) is 114 Å². The summed E-state index contributed by atoms with van der Waals surface area (Å²) in [5, 5.41) is 13.3. The van der Waals surface area contributed by atoms with Crippen LogP contribution in [0.4, 0.5) is 4.79 Å². The van der Waals surface area contributed by atoms with Gasteiger partial charge in [0.1, 0.15) is 11.4 Å². The van der Waals surface area contributed by atoms with E-state index in [9.17, 15) is 9.90 Å². The Balaban J connectivity index is 1.57. The number of carbonyl (C=O) groups is 1. The molecule has 0 aliphatic carbocycles. The van der Waals surface area contributed by atoms with Crippen molar-refractivity contribution in [3.05, 3.63) is 47.5 Å². The van der Waals surface area contributed by atoms with E-state index in [4.69, 9.17) is 9.26 Å². The molecule has 3 heterocycles. The van der Waals surface area contributed by atoms with E-state index in [2.05, 4.69) is 40.9 Å². The van der Waals surface area contributed by atoms with Gasteiger partial charge < -0.3 is 19.3 Å². The fourth-order valence-electron chi connectivity index (χ4n) is 3.78. The Morgan fingerprint density at radius 1 is 1.26 bits per heavy atom. The molecular weight excluding hydrogens is 398 g/mol. The molecule has 31 heavy (non-hydrogen) atoms. The lowest BCUT2D eigenvalue weighted by molar-refractivity contribution is 0.135. The molecule has 1 aromatic carbocycles. The molecule has 3 aromatic rings. The molecule has 0 radical (unpaired) electrons. The third kappa shape index (κ3) is 4.50. The van der Waals surface area contributed by atoms with E-state index >= 15 is 0 Å². The summed E-state index contributed by atoms with van der Waals surface area (Å²) < 4.78 is 11.0. The molecule has 0 spiro atoms. The maximum absolute atomic E-state index is 11.6. The van der Waals surface area contributed by atoms with Crippen molar-refractivity contribution in [1.29, 1.82) is 0 Å².